The molecule has 0 N–H and O–H groups in total. The predicted octanol–water partition coefficient (Wildman–Crippen LogP) is 4.53. The maximum atomic E-state index is 13.3. The molecule has 0 bridgehead atoms. The number of pyridine rings is 1. The van der Waals surface area contributed by atoms with Crippen molar-refractivity contribution in [3.05, 3.63) is 69.5 Å². The molecule has 26 heavy (non-hydrogen) atoms. The number of rotatable bonds is 3. The van der Waals surface area contributed by atoms with Crippen LogP contribution >= 0.6 is 11.6 Å². The number of aromatic nitrogens is 3. The van der Waals surface area contributed by atoms with Gasteiger partial charge in [0.05, 0.1) is 17.6 Å². The van der Waals surface area contributed by atoms with Crippen LogP contribution in [0.3, 0.4) is 0 Å². The number of nitrogens with zero attached hydrogens (tertiary/aromatic N) is 3. The van der Waals surface area contributed by atoms with E-state index < -0.39 is 23.2 Å². The molecule has 3 aromatic rings. The monoisotopic (exact) mass is 385 g/mol. The van der Waals surface area contributed by atoms with E-state index in [9.17, 15) is 22.4 Å². The van der Waals surface area contributed by atoms with Crippen LogP contribution in [-0.4, -0.2) is 14.3 Å². The third kappa shape index (κ3) is 3.12. The Morgan fingerprint density at radius 2 is 1.81 bits per heavy atom. The number of hydrogen-bond acceptors (Lipinski definition) is 2. The Hall–Kier alpha value is -2.61. The SMILES string of the molecule is CCn1c(-c2ccc(F)cc2)c(-n2nccc2C(F)(F)F)cc(Cl)c1=O. The highest BCUT2D eigenvalue weighted by Gasteiger charge is 2.36. The molecule has 1 aromatic carbocycles. The van der Waals surface area contributed by atoms with Crippen molar-refractivity contribution in [2.75, 3.05) is 0 Å². The summed E-state index contributed by atoms with van der Waals surface area (Å²) in [5, 5.41) is 3.51. The molecule has 0 unspecified atom stereocenters. The molecule has 9 heteroatoms. The molecule has 3 rings (SSSR count). The van der Waals surface area contributed by atoms with Crippen LogP contribution < -0.4 is 5.56 Å². The average molecular weight is 386 g/mol. The van der Waals surface area contributed by atoms with Crippen molar-refractivity contribution in [1.82, 2.24) is 14.3 Å². The molecule has 0 amide bonds. The Morgan fingerprint density at radius 1 is 1.15 bits per heavy atom. The van der Waals surface area contributed by atoms with E-state index in [1.54, 1.807) is 6.92 Å². The van der Waals surface area contributed by atoms with Gasteiger partial charge in [-0.2, -0.15) is 18.3 Å². The summed E-state index contributed by atoms with van der Waals surface area (Å²) in [5.41, 5.74) is -1.08. The third-order valence-electron chi connectivity index (χ3n) is 3.82. The van der Waals surface area contributed by atoms with E-state index in [1.165, 1.54) is 16.7 Å². The van der Waals surface area contributed by atoms with Gasteiger partial charge in [-0.3, -0.25) is 4.79 Å². The van der Waals surface area contributed by atoms with Crippen molar-refractivity contribution in [2.45, 2.75) is 19.6 Å². The number of halogens is 5. The lowest BCUT2D eigenvalue weighted by Crippen LogP contribution is -2.24. The van der Waals surface area contributed by atoms with Crippen molar-refractivity contribution >= 4 is 11.6 Å². The predicted molar refractivity (Wildman–Crippen MR) is 88.9 cm³/mol. The van der Waals surface area contributed by atoms with Gasteiger partial charge in [0.15, 0.2) is 0 Å². The summed E-state index contributed by atoms with van der Waals surface area (Å²) in [6.45, 7) is 1.81. The molecule has 0 saturated carbocycles. The van der Waals surface area contributed by atoms with E-state index in [1.807, 2.05) is 0 Å². The minimum atomic E-state index is -4.66. The molecule has 0 saturated heterocycles. The Labute approximate surface area is 150 Å². The summed E-state index contributed by atoms with van der Waals surface area (Å²) < 4.78 is 55.1. The minimum absolute atomic E-state index is 0.0274. The minimum Gasteiger partial charge on any atom is -0.305 e. The first-order valence-corrected chi connectivity index (χ1v) is 7.92. The topological polar surface area (TPSA) is 39.8 Å². The molecule has 0 fully saturated rings. The fraction of sp³-hybridized carbons (Fsp3) is 0.176. The fourth-order valence-corrected chi connectivity index (χ4v) is 2.91. The molecule has 0 spiro atoms. The third-order valence-corrected chi connectivity index (χ3v) is 4.09. The highest BCUT2D eigenvalue weighted by molar-refractivity contribution is 6.30. The Kier molecular flexibility index (Phi) is 4.62. The van der Waals surface area contributed by atoms with Gasteiger partial charge < -0.3 is 4.57 Å². The molecular formula is C17H12ClF4N3O. The zero-order valence-electron chi connectivity index (χ0n) is 13.4. The standard InChI is InChI=1S/C17H12ClF4N3O/c1-2-24-15(10-3-5-11(19)6-4-10)13(9-12(18)16(24)26)25-14(7-8-23-25)17(20,21)22/h3-9H,2H2,1H3. The van der Waals surface area contributed by atoms with Gasteiger partial charge in [0.25, 0.3) is 5.56 Å². The van der Waals surface area contributed by atoms with Crippen LogP contribution in [0.4, 0.5) is 17.6 Å². The first kappa shape index (κ1) is 18.2. The van der Waals surface area contributed by atoms with E-state index in [-0.39, 0.29) is 22.9 Å². The molecule has 2 aromatic heterocycles. The molecule has 2 heterocycles. The van der Waals surface area contributed by atoms with Gasteiger partial charge >= 0.3 is 6.18 Å². The van der Waals surface area contributed by atoms with Gasteiger partial charge in [-0.15, -0.1) is 0 Å². The highest BCUT2D eigenvalue weighted by atomic mass is 35.5. The van der Waals surface area contributed by atoms with E-state index in [0.29, 0.717) is 10.2 Å². The zero-order valence-corrected chi connectivity index (χ0v) is 14.1. The first-order chi connectivity index (χ1) is 12.2. The Bertz CT molecular complexity index is 1010. The van der Waals surface area contributed by atoms with Crippen LogP contribution in [0.5, 0.6) is 0 Å². The van der Waals surface area contributed by atoms with Gasteiger partial charge in [-0.05, 0) is 43.3 Å². The zero-order chi connectivity index (χ0) is 19.1. The van der Waals surface area contributed by atoms with Gasteiger partial charge in [0.2, 0.25) is 0 Å². The van der Waals surface area contributed by atoms with Crippen LogP contribution in [0.15, 0.2) is 47.4 Å². The first-order valence-electron chi connectivity index (χ1n) is 7.55. The quantitative estimate of drug-likeness (QED) is 0.621. The van der Waals surface area contributed by atoms with Gasteiger partial charge in [-0.25, -0.2) is 9.07 Å². The maximum absolute atomic E-state index is 13.3. The Balaban J connectivity index is 2.40. The number of hydrogen-bond donors (Lipinski definition) is 0. The smallest absolute Gasteiger partial charge is 0.305 e. The number of alkyl halides is 3. The lowest BCUT2D eigenvalue weighted by atomic mass is 10.1. The fourth-order valence-electron chi connectivity index (χ4n) is 2.70. The average Bonchev–Trinajstić information content (AvgIpc) is 3.07. The second kappa shape index (κ2) is 6.60. The van der Waals surface area contributed by atoms with Crippen molar-refractivity contribution in [3.63, 3.8) is 0 Å². The lowest BCUT2D eigenvalue weighted by molar-refractivity contribution is -0.142. The summed E-state index contributed by atoms with van der Waals surface area (Å²) in [6, 6.07) is 7.04. The highest BCUT2D eigenvalue weighted by Crippen LogP contribution is 2.34. The van der Waals surface area contributed by atoms with Crippen LogP contribution in [0.25, 0.3) is 16.9 Å². The normalized spacial score (nSPS) is 11.8. The summed E-state index contributed by atoms with van der Waals surface area (Å²) in [5.74, 6) is -0.510. The molecular weight excluding hydrogens is 374 g/mol. The van der Waals surface area contributed by atoms with Crippen molar-refractivity contribution in [2.24, 2.45) is 0 Å². The summed E-state index contributed by atoms with van der Waals surface area (Å²) >= 11 is 5.95. The van der Waals surface area contributed by atoms with E-state index in [2.05, 4.69) is 5.10 Å². The molecule has 0 aliphatic heterocycles. The van der Waals surface area contributed by atoms with Crippen LogP contribution in [-0.2, 0) is 12.7 Å². The molecule has 4 nitrogen and oxygen atoms in total. The molecule has 0 atom stereocenters. The Morgan fingerprint density at radius 3 is 2.38 bits per heavy atom. The summed E-state index contributed by atoms with van der Waals surface area (Å²) in [6.07, 6.45) is -3.65. The second-order valence-corrected chi connectivity index (χ2v) is 5.82. The van der Waals surface area contributed by atoms with Gasteiger partial charge in [0, 0.05) is 12.1 Å². The van der Waals surface area contributed by atoms with Crippen LogP contribution in [0, 0.1) is 5.82 Å². The largest absolute Gasteiger partial charge is 0.433 e. The molecule has 0 aliphatic rings. The molecule has 136 valence electrons. The van der Waals surface area contributed by atoms with Crippen LogP contribution in [0.2, 0.25) is 5.02 Å². The summed E-state index contributed by atoms with van der Waals surface area (Å²) in [7, 11) is 0. The van der Waals surface area contributed by atoms with E-state index in [4.69, 9.17) is 11.6 Å². The number of benzene rings is 1. The van der Waals surface area contributed by atoms with Crippen molar-refractivity contribution in [3.8, 4) is 16.9 Å². The second-order valence-electron chi connectivity index (χ2n) is 5.41. The van der Waals surface area contributed by atoms with Crippen LogP contribution in [0.1, 0.15) is 12.6 Å². The summed E-state index contributed by atoms with van der Waals surface area (Å²) in [4.78, 5) is 12.4. The van der Waals surface area contributed by atoms with E-state index in [0.717, 1.165) is 30.5 Å². The lowest BCUT2D eigenvalue weighted by Gasteiger charge is -2.19. The van der Waals surface area contributed by atoms with E-state index >= 15 is 0 Å². The molecule has 0 aliphatic carbocycles. The van der Waals surface area contributed by atoms with Crippen molar-refractivity contribution in [1.29, 1.82) is 0 Å². The van der Waals surface area contributed by atoms with Gasteiger partial charge in [0.1, 0.15) is 16.5 Å². The maximum Gasteiger partial charge on any atom is 0.433 e. The van der Waals surface area contributed by atoms with Crippen molar-refractivity contribution < 1.29 is 17.6 Å². The molecule has 0 radical (unpaired) electrons. The van der Waals surface area contributed by atoms with Gasteiger partial charge in [-0.1, -0.05) is 11.6 Å².